The van der Waals surface area contributed by atoms with Gasteiger partial charge in [0.15, 0.2) is 0 Å². The summed E-state index contributed by atoms with van der Waals surface area (Å²) >= 11 is 0. The Labute approximate surface area is 156 Å². The van der Waals surface area contributed by atoms with Gasteiger partial charge in [-0.05, 0) is 37.1 Å². The molecule has 0 fully saturated rings. The number of aliphatic carboxylic acids is 1. The van der Waals surface area contributed by atoms with Gasteiger partial charge < -0.3 is 25.5 Å². The Balaban J connectivity index is 2.12. The molecule has 0 spiro atoms. The van der Waals surface area contributed by atoms with Crippen LogP contribution in [0.15, 0.2) is 59.3 Å². The summed E-state index contributed by atoms with van der Waals surface area (Å²) in [5.41, 5.74) is 5.62. The lowest BCUT2D eigenvalue weighted by Crippen LogP contribution is -2.31. The third-order valence-corrected chi connectivity index (χ3v) is 3.97. The summed E-state index contributed by atoms with van der Waals surface area (Å²) in [6.45, 7) is 3.80. The van der Waals surface area contributed by atoms with Crippen LogP contribution < -0.4 is 17.1 Å². The number of aliphatic hydroxyl groups is 1. The highest BCUT2D eigenvalue weighted by Crippen LogP contribution is 2.15. The van der Waals surface area contributed by atoms with Gasteiger partial charge in [0, 0.05) is 18.0 Å². The summed E-state index contributed by atoms with van der Waals surface area (Å²) in [5.74, 6) is 4.49. The number of rotatable bonds is 7. The average molecular weight is 372 g/mol. The maximum atomic E-state index is 12.5. The SMILES string of the molecule is CC(C)(O)c1cccn(Cc2ccc(CN(N)/C=C(\N)C(=O)O)cc2)c1=O. The molecule has 0 saturated heterocycles. The molecule has 0 amide bonds. The maximum Gasteiger partial charge on any atom is 0.353 e. The van der Waals surface area contributed by atoms with E-state index >= 15 is 0 Å². The monoisotopic (exact) mass is 372 g/mol. The number of hydrogen-bond acceptors (Lipinski definition) is 6. The number of carboxylic acid groups (broad SMARTS) is 1. The first-order valence-electron chi connectivity index (χ1n) is 8.30. The van der Waals surface area contributed by atoms with Crippen molar-refractivity contribution in [1.29, 1.82) is 0 Å². The van der Waals surface area contributed by atoms with Crippen molar-refractivity contribution >= 4 is 5.97 Å². The van der Waals surface area contributed by atoms with Crippen LogP contribution in [0.25, 0.3) is 0 Å². The molecule has 1 aromatic carbocycles. The molecule has 0 atom stereocenters. The van der Waals surface area contributed by atoms with Gasteiger partial charge in [-0.1, -0.05) is 24.3 Å². The van der Waals surface area contributed by atoms with Crippen LogP contribution in [0.4, 0.5) is 0 Å². The molecule has 8 heteroatoms. The number of aromatic nitrogens is 1. The largest absolute Gasteiger partial charge is 0.477 e. The number of pyridine rings is 1. The fourth-order valence-electron chi connectivity index (χ4n) is 2.56. The highest BCUT2D eigenvalue weighted by molar-refractivity contribution is 5.85. The van der Waals surface area contributed by atoms with Crippen molar-refractivity contribution in [2.24, 2.45) is 11.6 Å². The van der Waals surface area contributed by atoms with Gasteiger partial charge in [-0.3, -0.25) is 4.79 Å². The minimum atomic E-state index is -1.24. The fraction of sp³-hybridized carbons (Fsp3) is 0.263. The molecule has 0 radical (unpaired) electrons. The Hall–Kier alpha value is -3.10. The zero-order valence-corrected chi connectivity index (χ0v) is 15.3. The van der Waals surface area contributed by atoms with E-state index in [1.807, 2.05) is 24.3 Å². The normalized spacial score (nSPS) is 12.1. The highest BCUT2D eigenvalue weighted by atomic mass is 16.4. The standard InChI is InChI=1S/C19H24N4O4/c1-19(2,27)15-4-3-9-22(17(15)24)10-13-5-7-14(8-6-13)11-23(21)12-16(20)18(25)26/h3-9,12,27H,10-11,20-21H2,1-2H3,(H,25,26)/b16-12-. The van der Waals surface area contributed by atoms with Crippen molar-refractivity contribution in [2.75, 3.05) is 0 Å². The van der Waals surface area contributed by atoms with Gasteiger partial charge >= 0.3 is 5.97 Å². The van der Waals surface area contributed by atoms with Crippen LogP contribution in [0.5, 0.6) is 0 Å². The van der Waals surface area contributed by atoms with Crippen LogP contribution in [0, 0.1) is 0 Å². The van der Waals surface area contributed by atoms with Gasteiger partial charge in [0.2, 0.25) is 0 Å². The van der Waals surface area contributed by atoms with Crippen molar-refractivity contribution in [3.63, 3.8) is 0 Å². The number of carbonyl (C=O) groups is 1. The van der Waals surface area contributed by atoms with E-state index in [2.05, 4.69) is 0 Å². The summed E-state index contributed by atoms with van der Waals surface area (Å²) < 4.78 is 1.54. The second-order valence-electron chi connectivity index (χ2n) is 6.79. The van der Waals surface area contributed by atoms with Crippen molar-refractivity contribution in [2.45, 2.75) is 32.5 Å². The van der Waals surface area contributed by atoms with Gasteiger partial charge in [-0.2, -0.15) is 0 Å². The van der Waals surface area contributed by atoms with Crippen LogP contribution in [-0.2, 0) is 23.5 Å². The third-order valence-electron chi connectivity index (χ3n) is 3.97. The number of benzene rings is 1. The van der Waals surface area contributed by atoms with Gasteiger partial charge in [0.05, 0.1) is 18.7 Å². The van der Waals surface area contributed by atoms with Crippen molar-refractivity contribution in [1.82, 2.24) is 9.58 Å². The molecular formula is C19H24N4O4. The second-order valence-corrected chi connectivity index (χ2v) is 6.79. The predicted octanol–water partition coefficient (Wildman–Crippen LogP) is 0.684. The quantitative estimate of drug-likeness (QED) is 0.319. The molecule has 0 unspecified atom stereocenters. The average Bonchev–Trinajstić information content (AvgIpc) is 2.57. The number of nitrogens with two attached hydrogens (primary N) is 2. The van der Waals surface area contributed by atoms with Gasteiger partial charge in [-0.15, -0.1) is 0 Å². The molecule has 2 rings (SSSR count). The molecule has 1 heterocycles. The lowest BCUT2D eigenvalue weighted by atomic mass is 10.0. The van der Waals surface area contributed by atoms with E-state index in [4.69, 9.17) is 16.7 Å². The molecule has 0 saturated carbocycles. The van der Waals surface area contributed by atoms with E-state index < -0.39 is 11.6 Å². The third kappa shape index (κ3) is 5.44. The van der Waals surface area contributed by atoms with Crippen LogP contribution in [0.3, 0.4) is 0 Å². The Morgan fingerprint density at radius 3 is 2.37 bits per heavy atom. The Morgan fingerprint density at radius 2 is 1.81 bits per heavy atom. The summed E-state index contributed by atoms with van der Waals surface area (Å²) in [7, 11) is 0. The molecule has 0 aliphatic carbocycles. The summed E-state index contributed by atoms with van der Waals surface area (Å²) in [4.78, 5) is 23.2. The van der Waals surface area contributed by atoms with E-state index in [-0.39, 0.29) is 17.8 Å². The fourth-order valence-corrected chi connectivity index (χ4v) is 2.56. The number of hydrazine groups is 1. The van der Waals surface area contributed by atoms with E-state index in [1.54, 1.807) is 32.2 Å². The van der Waals surface area contributed by atoms with Crippen molar-refractivity contribution in [3.8, 4) is 0 Å². The summed E-state index contributed by atoms with van der Waals surface area (Å²) in [6, 6.07) is 10.7. The van der Waals surface area contributed by atoms with Crippen LogP contribution in [-0.4, -0.2) is 25.8 Å². The first-order valence-corrected chi connectivity index (χ1v) is 8.30. The minimum Gasteiger partial charge on any atom is -0.477 e. The zero-order chi connectivity index (χ0) is 20.2. The summed E-state index contributed by atoms with van der Waals surface area (Å²) in [5, 5.41) is 20.0. The van der Waals surface area contributed by atoms with Crippen molar-refractivity contribution in [3.05, 3.63) is 81.5 Å². The molecule has 27 heavy (non-hydrogen) atoms. The molecular weight excluding hydrogens is 348 g/mol. The lowest BCUT2D eigenvalue weighted by Gasteiger charge is -2.18. The van der Waals surface area contributed by atoms with E-state index in [9.17, 15) is 14.7 Å². The maximum absolute atomic E-state index is 12.5. The van der Waals surface area contributed by atoms with Gasteiger partial charge in [0.25, 0.3) is 5.56 Å². The molecule has 6 N–H and O–H groups in total. The number of carboxylic acids is 1. The van der Waals surface area contributed by atoms with Crippen LogP contribution in [0.2, 0.25) is 0 Å². The molecule has 1 aromatic heterocycles. The first-order chi connectivity index (χ1) is 12.6. The van der Waals surface area contributed by atoms with Crippen LogP contribution >= 0.6 is 0 Å². The highest BCUT2D eigenvalue weighted by Gasteiger charge is 2.20. The van der Waals surface area contributed by atoms with E-state index in [1.165, 1.54) is 9.58 Å². The molecule has 0 bridgehead atoms. The summed E-state index contributed by atoms with van der Waals surface area (Å²) in [6.07, 6.45) is 2.82. The zero-order valence-electron chi connectivity index (χ0n) is 15.3. The van der Waals surface area contributed by atoms with Gasteiger partial charge in [0.1, 0.15) is 5.70 Å². The van der Waals surface area contributed by atoms with Crippen LogP contribution in [0.1, 0.15) is 30.5 Å². The second kappa shape index (κ2) is 8.07. The Bertz CT molecular complexity index is 895. The lowest BCUT2D eigenvalue weighted by molar-refractivity contribution is -0.132. The molecule has 144 valence electrons. The molecule has 0 aliphatic rings. The predicted molar refractivity (Wildman–Crippen MR) is 101 cm³/mol. The van der Waals surface area contributed by atoms with Gasteiger partial charge in [-0.25, -0.2) is 10.6 Å². The molecule has 2 aromatic rings. The minimum absolute atomic E-state index is 0.239. The smallest absolute Gasteiger partial charge is 0.353 e. The molecule has 0 aliphatic heterocycles. The van der Waals surface area contributed by atoms with E-state index in [0.717, 1.165) is 17.3 Å². The first kappa shape index (κ1) is 20.2. The Kier molecular flexibility index (Phi) is 6.04. The topological polar surface area (TPSA) is 135 Å². The van der Waals surface area contributed by atoms with E-state index in [0.29, 0.717) is 12.1 Å². The molecule has 8 nitrogen and oxygen atoms in total. The number of nitrogens with zero attached hydrogens (tertiary/aromatic N) is 2. The Morgan fingerprint density at radius 1 is 1.22 bits per heavy atom. The van der Waals surface area contributed by atoms with Crippen molar-refractivity contribution < 1.29 is 15.0 Å². The number of hydrogen-bond donors (Lipinski definition) is 4.